The monoisotopic (exact) mass is 485 g/mol. The van der Waals surface area contributed by atoms with Crippen molar-refractivity contribution in [2.75, 3.05) is 25.3 Å². The molecular formula is C23H21Cl2N5O3. The lowest BCUT2D eigenvalue weighted by Crippen LogP contribution is -2.33. The molecule has 5 rings (SSSR count). The highest BCUT2D eigenvalue weighted by Gasteiger charge is 2.40. The highest BCUT2D eigenvalue weighted by atomic mass is 35.5. The van der Waals surface area contributed by atoms with E-state index in [1.165, 1.54) is 0 Å². The van der Waals surface area contributed by atoms with Gasteiger partial charge in [-0.15, -0.1) is 5.10 Å². The molecule has 0 unspecified atom stereocenters. The summed E-state index contributed by atoms with van der Waals surface area (Å²) in [6, 6.07) is 10.4. The SMILES string of the molecule is COc1ccc([C@@H]2CC(=O)C3=C(C2)Nc2nc(N)nn2[C@@H]3c2ccc(Cl)cc2Cl)cc1OC. The van der Waals surface area contributed by atoms with E-state index in [1.54, 1.807) is 37.1 Å². The van der Waals surface area contributed by atoms with Crippen LogP contribution in [0, 0.1) is 0 Å². The van der Waals surface area contributed by atoms with Crippen LogP contribution < -0.4 is 20.5 Å². The highest BCUT2D eigenvalue weighted by Crippen LogP contribution is 2.46. The van der Waals surface area contributed by atoms with E-state index >= 15 is 0 Å². The van der Waals surface area contributed by atoms with Crippen LogP contribution in [-0.2, 0) is 4.79 Å². The maximum absolute atomic E-state index is 13.6. The fraction of sp³-hybridized carbons (Fsp3) is 0.261. The molecule has 0 amide bonds. The number of carbonyl (C=O) groups is 1. The molecule has 0 radical (unpaired) electrons. The fourth-order valence-corrected chi connectivity index (χ4v) is 5.09. The van der Waals surface area contributed by atoms with E-state index in [9.17, 15) is 4.79 Å². The molecule has 3 N–H and O–H groups in total. The molecule has 2 aromatic carbocycles. The molecule has 3 aromatic rings. The van der Waals surface area contributed by atoms with Crippen LogP contribution in [0.2, 0.25) is 10.0 Å². The number of Topliss-reactive ketones (excluding diaryl/α,β-unsaturated/α-hetero) is 1. The van der Waals surface area contributed by atoms with Gasteiger partial charge in [-0.3, -0.25) is 4.79 Å². The number of rotatable bonds is 4. The Kier molecular flexibility index (Phi) is 5.42. The molecule has 0 saturated carbocycles. The number of ketones is 1. The quantitative estimate of drug-likeness (QED) is 0.556. The van der Waals surface area contributed by atoms with Gasteiger partial charge in [0.15, 0.2) is 17.3 Å². The van der Waals surface area contributed by atoms with E-state index in [1.807, 2.05) is 18.2 Å². The molecule has 2 heterocycles. The fourth-order valence-electron chi connectivity index (χ4n) is 4.58. The number of allylic oxidation sites excluding steroid dienone is 2. The zero-order valence-electron chi connectivity index (χ0n) is 17.9. The minimum Gasteiger partial charge on any atom is -0.493 e. The van der Waals surface area contributed by atoms with Crippen molar-refractivity contribution in [2.24, 2.45) is 0 Å². The van der Waals surface area contributed by atoms with Crippen molar-refractivity contribution in [1.82, 2.24) is 14.8 Å². The lowest BCUT2D eigenvalue weighted by Gasteiger charge is -2.35. The van der Waals surface area contributed by atoms with Crippen LogP contribution in [0.3, 0.4) is 0 Å². The average molecular weight is 486 g/mol. The van der Waals surface area contributed by atoms with Gasteiger partial charge < -0.3 is 20.5 Å². The lowest BCUT2D eigenvalue weighted by atomic mass is 9.78. The van der Waals surface area contributed by atoms with Crippen molar-refractivity contribution in [3.63, 3.8) is 0 Å². The third-order valence-corrected chi connectivity index (χ3v) is 6.63. The molecule has 1 aromatic heterocycles. The van der Waals surface area contributed by atoms with Gasteiger partial charge in [0.2, 0.25) is 11.9 Å². The summed E-state index contributed by atoms with van der Waals surface area (Å²) in [5.41, 5.74) is 8.98. The van der Waals surface area contributed by atoms with E-state index in [-0.39, 0.29) is 17.6 Å². The largest absolute Gasteiger partial charge is 0.493 e. The van der Waals surface area contributed by atoms with Gasteiger partial charge in [-0.25, -0.2) is 4.68 Å². The Balaban J connectivity index is 1.59. The Morgan fingerprint density at radius 3 is 2.61 bits per heavy atom. The van der Waals surface area contributed by atoms with Gasteiger partial charge in [0, 0.05) is 33.3 Å². The number of fused-ring (bicyclic) bond motifs is 1. The summed E-state index contributed by atoms with van der Waals surface area (Å²) in [7, 11) is 3.18. The van der Waals surface area contributed by atoms with Gasteiger partial charge in [0.25, 0.3) is 0 Å². The van der Waals surface area contributed by atoms with E-state index < -0.39 is 6.04 Å². The summed E-state index contributed by atoms with van der Waals surface area (Å²) in [5.74, 6) is 1.78. The molecule has 0 fully saturated rings. The maximum atomic E-state index is 13.6. The van der Waals surface area contributed by atoms with E-state index in [4.69, 9.17) is 38.4 Å². The van der Waals surface area contributed by atoms with Crippen molar-refractivity contribution in [2.45, 2.75) is 24.8 Å². The van der Waals surface area contributed by atoms with E-state index in [0.717, 1.165) is 11.3 Å². The van der Waals surface area contributed by atoms with Crippen molar-refractivity contribution >= 4 is 40.9 Å². The number of anilines is 2. The third-order valence-electron chi connectivity index (χ3n) is 6.07. The number of carbonyl (C=O) groups excluding carboxylic acids is 1. The Bertz CT molecular complexity index is 1300. The summed E-state index contributed by atoms with van der Waals surface area (Å²) >= 11 is 12.7. The molecule has 0 saturated heterocycles. The Labute approximate surface area is 200 Å². The first kappa shape index (κ1) is 21.6. The number of nitrogens with two attached hydrogens (primary N) is 1. The molecule has 1 aliphatic carbocycles. The van der Waals surface area contributed by atoms with Crippen LogP contribution in [0.1, 0.15) is 35.9 Å². The van der Waals surface area contributed by atoms with Gasteiger partial charge >= 0.3 is 0 Å². The zero-order chi connectivity index (χ0) is 23.3. The number of benzene rings is 2. The Morgan fingerprint density at radius 1 is 1.09 bits per heavy atom. The summed E-state index contributed by atoms with van der Waals surface area (Å²) < 4.78 is 12.4. The molecule has 33 heavy (non-hydrogen) atoms. The number of hydrogen-bond donors (Lipinski definition) is 2. The minimum absolute atomic E-state index is 0.000673. The minimum atomic E-state index is -0.551. The summed E-state index contributed by atoms with van der Waals surface area (Å²) in [4.78, 5) is 17.9. The molecule has 10 heteroatoms. The first-order valence-corrected chi connectivity index (χ1v) is 11.1. The number of nitrogens with one attached hydrogen (secondary N) is 1. The van der Waals surface area contributed by atoms with E-state index in [2.05, 4.69) is 15.4 Å². The number of methoxy groups -OCH3 is 2. The zero-order valence-corrected chi connectivity index (χ0v) is 19.4. The molecule has 2 atom stereocenters. The second-order valence-corrected chi connectivity index (χ2v) is 8.81. The summed E-state index contributed by atoms with van der Waals surface area (Å²) in [5, 5.41) is 8.55. The van der Waals surface area contributed by atoms with Gasteiger partial charge in [-0.2, -0.15) is 4.98 Å². The van der Waals surface area contributed by atoms with Crippen LogP contribution in [-0.4, -0.2) is 34.8 Å². The number of aromatic nitrogens is 3. The number of nitrogens with zero attached hydrogens (tertiary/aromatic N) is 3. The molecule has 8 nitrogen and oxygen atoms in total. The van der Waals surface area contributed by atoms with Crippen molar-refractivity contribution in [1.29, 1.82) is 0 Å². The lowest BCUT2D eigenvalue weighted by molar-refractivity contribution is -0.116. The van der Waals surface area contributed by atoms with Crippen molar-refractivity contribution in [3.8, 4) is 11.5 Å². The predicted molar refractivity (Wildman–Crippen MR) is 126 cm³/mol. The Morgan fingerprint density at radius 2 is 1.88 bits per heavy atom. The van der Waals surface area contributed by atoms with Crippen LogP contribution in [0.15, 0.2) is 47.7 Å². The van der Waals surface area contributed by atoms with Gasteiger partial charge in [-0.1, -0.05) is 35.3 Å². The van der Waals surface area contributed by atoms with Crippen LogP contribution >= 0.6 is 23.2 Å². The van der Waals surface area contributed by atoms with Crippen LogP contribution in [0.25, 0.3) is 0 Å². The van der Waals surface area contributed by atoms with Crippen LogP contribution in [0.5, 0.6) is 11.5 Å². The number of nitrogen functional groups attached to an aromatic ring is 1. The van der Waals surface area contributed by atoms with Crippen molar-refractivity contribution < 1.29 is 14.3 Å². The maximum Gasteiger partial charge on any atom is 0.241 e. The van der Waals surface area contributed by atoms with Gasteiger partial charge in [0.05, 0.1) is 14.2 Å². The summed E-state index contributed by atoms with van der Waals surface area (Å²) in [6.45, 7) is 0. The highest BCUT2D eigenvalue weighted by molar-refractivity contribution is 6.35. The molecule has 0 bridgehead atoms. The smallest absolute Gasteiger partial charge is 0.241 e. The van der Waals surface area contributed by atoms with Gasteiger partial charge in [0.1, 0.15) is 6.04 Å². The normalized spacial score (nSPS) is 19.6. The average Bonchev–Trinajstić information content (AvgIpc) is 3.17. The number of ether oxygens (including phenoxy) is 2. The molecule has 0 spiro atoms. The third kappa shape index (κ3) is 3.69. The van der Waals surface area contributed by atoms with Crippen molar-refractivity contribution in [3.05, 3.63) is 68.8 Å². The first-order valence-electron chi connectivity index (χ1n) is 10.3. The summed E-state index contributed by atoms with van der Waals surface area (Å²) in [6.07, 6.45) is 0.933. The second-order valence-electron chi connectivity index (χ2n) is 7.97. The second kappa shape index (κ2) is 8.28. The molecular weight excluding hydrogens is 465 g/mol. The standard InChI is InChI=1S/C23H21Cl2N5O3/c1-32-18-6-3-11(9-19(18)33-2)12-7-16-20(17(31)8-12)21(14-5-4-13(24)10-15(14)25)30-23(27-16)28-22(26)29-30/h3-6,9-10,12,21H,7-8H2,1-2H3,(H3,26,27,28,29)/t12-,21+/m0/s1. The van der Waals surface area contributed by atoms with Crippen LogP contribution in [0.4, 0.5) is 11.9 Å². The number of hydrogen-bond acceptors (Lipinski definition) is 7. The predicted octanol–water partition coefficient (Wildman–Crippen LogP) is 4.60. The molecule has 1 aliphatic heterocycles. The van der Waals surface area contributed by atoms with Gasteiger partial charge in [-0.05, 0) is 42.2 Å². The molecule has 170 valence electrons. The number of halogens is 2. The molecule has 2 aliphatic rings. The Hall–Kier alpha value is -3.23. The van der Waals surface area contributed by atoms with E-state index in [0.29, 0.717) is 51.5 Å². The first-order chi connectivity index (χ1) is 15.9. The topological polar surface area (TPSA) is 104 Å².